The molecule has 0 atom stereocenters. The number of amidine groups is 1. The molecule has 0 radical (unpaired) electrons. The number of carbonyl (C=O) groups is 2. The quantitative estimate of drug-likeness (QED) is 0.432. The van der Waals surface area contributed by atoms with Crippen molar-refractivity contribution in [1.29, 1.82) is 0 Å². The van der Waals surface area contributed by atoms with Crippen LogP contribution < -0.4 is 16.3 Å². The van der Waals surface area contributed by atoms with E-state index in [4.69, 9.17) is 9.47 Å². The van der Waals surface area contributed by atoms with Crippen LogP contribution in [0.5, 0.6) is 0 Å². The summed E-state index contributed by atoms with van der Waals surface area (Å²) in [6, 6.07) is 8.96. The molecule has 0 aliphatic heterocycles. The molecule has 0 aliphatic carbocycles. The molecule has 1 aromatic carbocycles. The van der Waals surface area contributed by atoms with Crippen molar-refractivity contribution in [3.8, 4) is 0 Å². The van der Waals surface area contributed by atoms with Crippen molar-refractivity contribution in [3.05, 3.63) is 35.9 Å². The minimum Gasteiger partial charge on any atom is -0.443 e. The number of amides is 2. The summed E-state index contributed by atoms with van der Waals surface area (Å²) < 4.78 is 10.3. The number of ether oxygens (including phenoxy) is 2. The molecule has 0 unspecified atom stereocenters. The van der Waals surface area contributed by atoms with Crippen LogP contribution >= 0.6 is 0 Å². The molecule has 1 aromatic rings. The van der Waals surface area contributed by atoms with Crippen LogP contribution in [0.25, 0.3) is 0 Å². The lowest BCUT2D eigenvalue weighted by molar-refractivity contribution is 0.0512. The van der Waals surface area contributed by atoms with Gasteiger partial charge >= 0.3 is 12.2 Å². The van der Waals surface area contributed by atoms with Gasteiger partial charge in [-0.25, -0.2) is 20.4 Å². The van der Waals surface area contributed by atoms with Gasteiger partial charge in [0.05, 0.1) is 0 Å². The first-order valence-corrected chi connectivity index (χ1v) is 7.83. The molecule has 3 N–H and O–H groups in total. The maximum atomic E-state index is 11.8. The average Bonchev–Trinajstić information content (AvgIpc) is 2.44. The van der Waals surface area contributed by atoms with E-state index in [9.17, 15) is 9.59 Å². The largest absolute Gasteiger partial charge is 0.443 e. The molecule has 0 saturated carbocycles. The number of hydrazine groups is 1. The molecule has 8 nitrogen and oxygen atoms in total. The standard InChI is InChI=1S/C17H26N4O4/c1-16(2,3)24-14(22)20-18-13(12-10-8-7-9-11-12)19-21-15(23)25-17(4,5)6/h7-11H,1-6H3,(H,18,19)(H,20,22)(H,21,23). The van der Waals surface area contributed by atoms with Gasteiger partial charge in [0.25, 0.3) is 0 Å². The van der Waals surface area contributed by atoms with Gasteiger partial charge in [0, 0.05) is 5.56 Å². The topological polar surface area (TPSA) is 101 Å². The Morgan fingerprint density at radius 2 is 1.36 bits per heavy atom. The number of benzene rings is 1. The van der Waals surface area contributed by atoms with Gasteiger partial charge in [0.1, 0.15) is 11.2 Å². The Hall–Kier alpha value is -2.77. The summed E-state index contributed by atoms with van der Waals surface area (Å²) in [4.78, 5) is 23.5. The molecule has 0 bridgehead atoms. The second-order valence-electron chi connectivity index (χ2n) is 7.19. The van der Waals surface area contributed by atoms with Gasteiger partial charge in [-0.15, -0.1) is 5.10 Å². The third-order valence-corrected chi connectivity index (χ3v) is 2.39. The normalized spacial score (nSPS) is 12.2. The maximum absolute atomic E-state index is 11.8. The van der Waals surface area contributed by atoms with Crippen molar-refractivity contribution in [2.24, 2.45) is 5.10 Å². The Kier molecular flexibility index (Phi) is 6.78. The van der Waals surface area contributed by atoms with Crippen LogP contribution in [0.3, 0.4) is 0 Å². The van der Waals surface area contributed by atoms with Crippen LogP contribution in [-0.4, -0.2) is 29.2 Å². The maximum Gasteiger partial charge on any atom is 0.428 e. The molecule has 138 valence electrons. The Bertz CT molecular complexity index is 616. The Labute approximate surface area is 147 Å². The average molecular weight is 350 g/mol. The molecule has 2 amide bonds. The molecule has 0 heterocycles. The highest BCUT2D eigenvalue weighted by atomic mass is 16.6. The molecule has 0 fully saturated rings. The van der Waals surface area contributed by atoms with Gasteiger partial charge < -0.3 is 9.47 Å². The van der Waals surface area contributed by atoms with Crippen LogP contribution in [0.2, 0.25) is 0 Å². The molecule has 0 aliphatic rings. The third-order valence-electron chi connectivity index (χ3n) is 2.39. The van der Waals surface area contributed by atoms with E-state index in [1.807, 2.05) is 6.07 Å². The van der Waals surface area contributed by atoms with Crippen LogP contribution in [0.4, 0.5) is 9.59 Å². The first-order valence-electron chi connectivity index (χ1n) is 7.83. The molecule has 25 heavy (non-hydrogen) atoms. The molecular formula is C17H26N4O4. The lowest BCUT2D eigenvalue weighted by atomic mass is 10.2. The predicted molar refractivity (Wildman–Crippen MR) is 94.9 cm³/mol. The lowest BCUT2D eigenvalue weighted by Crippen LogP contribution is -2.45. The van der Waals surface area contributed by atoms with Crippen molar-refractivity contribution < 1.29 is 19.1 Å². The van der Waals surface area contributed by atoms with Crippen molar-refractivity contribution in [2.45, 2.75) is 52.7 Å². The minimum atomic E-state index is -0.708. The molecule has 0 saturated heterocycles. The lowest BCUT2D eigenvalue weighted by Gasteiger charge is -2.21. The van der Waals surface area contributed by atoms with E-state index in [1.165, 1.54) is 0 Å². The van der Waals surface area contributed by atoms with Gasteiger partial charge in [0.2, 0.25) is 0 Å². The minimum absolute atomic E-state index is 0.220. The summed E-state index contributed by atoms with van der Waals surface area (Å²) in [6.07, 6.45) is -1.38. The number of hydrogen-bond donors (Lipinski definition) is 3. The SMILES string of the molecule is CC(C)(C)OC(=O)N/N=C(\NNC(=O)OC(C)(C)C)c1ccccc1. The molecule has 0 spiro atoms. The zero-order valence-corrected chi connectivity index (χ0v) is 15.5. The second-order valence-corrected chi connectivity index (χ2v) is 7.19. The van der Waals surface area contributed by atoms with Crippen molar-refractivity contribution in [1.82, 2.24) is 16.3 Å². The van der Waals surface area contributed by atoms with Crippen molar-refractivity contribution in [3.63, 3.8) is 0 Å². The number of hydrogen-bond acceptors (Lipinski definition) is 5. The van der Waals surface area contributed by atoms with Gasteiger partial charge in [-0.1, -0.05) is 30.3 Å². The monoisotopic (exact) mass is 350 g/mol. The summed E-state index contributed by atoms with van der Waals surface area (Å²) in [5, 5.41) is 3.96. The Balaban J connectivity index is 2.79. The smallest absolute Gasteiger partial charge is 0.428 e. The molecule has 0 aromatic heterocycles. The number of carbonyl (C=O) groups excluding carboxylic acids is 2. The van der Waals surface area contributed by atoms with Crippen LogP contribution in [0, 0.1) is 0 Å². The number of nitrogens with zero attached hydrogens (tertiary/aromatic N) is 1. The van der Waals surface area contributed by atoms with E-state index < -0.39 is 23.4 Å². The number of nitrogens with one attached hydrogen (secondary N) is 3. The van der Waals surface area contributed by atoms with E-state index in [0.717, 1.165) is 0 Å². The van der Waals surface area contributed by atoms with Gasteiger partial charge in [-0.3, -0.25) is 5.43 Å². The van der Waals surface area contributed by atoms with Crippen molar-refractivity contribution in [2.75, 3.05) is 0 Å². The first kappa shape index (κ1) is 20.3. The fraction of sp³-hybridized carbons (Fsp3) is 0.471. The molecular weight excluding hydrogens is 324 g/mol. The highest BCUT2D eigenvalue weighted by Crippen LogP contribution is 2.07. The van der Waals surface area contributed by atoms with Gasteiger partial charge in [-0.05, 0) is 41.5 Å². The third kappa shape index (κ3) is 9.19. The number of hydrazone groups is 1. The summed E-state index contributed by atoms with van der Waals surface area (Å²) in [6.45, 7) is 10.5. The number of rotatable bonds is 2. The Morgan fingerprint density at radius 1 is 0.840 bits per heavy atom. The van der Waals surface area contributed by atoms with E-state index in [-0.39, 0.29) is 5.84 Å². The first-order chi connectivity index (χ1) is 11.5. The van der Waals surface area contributed by atoms with E-state index >= 15 is 0 Å². The van der Waals surface area contributed by atoms with Gasteiger partial charge in [0.15, 0.2) is 5.84 Å². The molecule has 8 heteroatoms. The highest BCUT2D eigenvalue weighted by Gasteiger charge is 2.18. The fourth-order valence-corrected chi connectivity index (χ4v) is 1.58. The second kappa shape index (κ2) is 8.36. The van der Waals surface area contributed by atoms with Crippen LogP contribution in [0.15, 0.2) is 35.4 Å². The van der Waals surface area contributed by atoms with Crippen LogP contribution in [-0.2, 0) is 9.47 Å². The zero-order chi connectivity index (χ0) is 19.1. The van der Waals surface area contributed by atoms with E-state index in [2.05, 4.69) is 21.4 Å². The summed E-state index contributed by atoms with van der Waals surface area (Å²) in [5.74, 6) is 0.220. The summed E-state index contributed by atoms with van der Waals surface area (Å²) >= 11 is 0. The highest BCUT2D eigenvalue weighted by molar-refractivity contribution is 5.99. The van der Waals surface area contributed by atoms with Crippen LogP contribution in [0.1, 0.15) is 47.1 Å². The van der Waals surface area contributed by atoms with E-state index in [1.54, 1.807) is 65.8 Å². The summed E-state index contributed by atoms with van der Waals surface area (Å²) in [7, 11) is 0. The Morgan fingerprint density at radius 3 is 1.88 bits per heavy atom. The predicted octanol–water partition coefficient (Wildman–Crippen LogP) is 2.90. The fourth-order valence-electron chi connectivity index (χ4n) is 1.58. The van der Waals surface area contributed by atoms with Crippen molar-refractivity contribution >= 4 is 18.0 Å². The summed E-state index contributed by atoms with van der Waals surface area (Å²) in [5.41, 5.74) is 6.66. The zero-order valence-electron chi connectivity index (χ0n) is 15.5. The van der Waals surface area contributed by atoms with Gasteiger partial charge in [-0.2, -0.15) is 0 Å². The molecule has 1 rings (SSSR count). The van der Waals surface area contributed by atoms with E-state index in [0.29, 0.717) is 5.56 Å².